The molecule has 0 aliphatic heterocycles. The lowest BCUT2D eigenvalue weighted by atomic mass is 10.2. The topological polar surface area (TPSA) is 57.2 Å². The van der Waals surface area contributed by atoms with Gasteiger partial charge in [-0.05, 0) is 23.4 Å². The van der Waals surface area contributed by atoms with E-state index < -0.39 is 0 Å². The van der Waals surface area contributed by atoms with Gasteiger partial charge in [-0.3, -0.25) is 0 Å². The zero-order chi connectivity index (χ0) is 14.1. The Balaban J connectivity index is 2.11. The average molecular weight is 306 g/mol. The van der Waals surface area contributed by atoms with Crippen molar-refractivity contribution in [3.63, 3.8) is 0 Å². The van der Waals surface area contributed by atoms with Crippen molar-refractivity contribution < 1.29 is 0 Å². The van der Waals surface area contributed by atoms with Crippen LogP contribution in [-0.4, -0.2) is 4.98 Å². The quantitative estimate of drug-likeness (QED) is 0.617. The fourth-order valence-corrected chi connectivity index (χ4v) is 2.40. The number of nitroso groups, excluding NO2 is 1. The van der Waals surface area contributed by atoms with E-state index in [1.165, 1.54) is 0 Å². The first-order valence-electron chi connectivity index (χ1n) is 5.85. The highest BCUT2D eigenvalue weighted by Gasteiger charge is 2.11. The maximum Gasteiger partial charge on any atom is 0.184 e. The van der Waals surface area contributed by atoms with Crippen molar-refractivity contribution >= 4 is 51.3 Å². The van der Waals surface area contributed by atoms with Gasteiger partial charge in [0.2, 0.25) is 0 Å². The van der Waals surface area contributed by atoms with E-state index in [2.05, 4.69) is 15.5 Å². The predicted octanol–water partition coefficient (Wildman–Crippen LogP) is 5.62. The van der Waals surface area contributed by atoms with Crippen molar-refractivity contribution in [2.24, 2.45) is 5.18 Å². The van der Waals surface area contributed by atoms with E-state index in [9.17, 15) is 4.91 Å². The summed E-state index contributed by atoms with van der Waals surface area (Å²) in [6.07, 6.45) is 0. The Kier molecular flexibility index (Phi) is 3.34. The summed E-state index contributed by atoms with van der Waals surface area (Å²) in [5.74, 6) is 0.931. The van der Waals surface area contributed by atoms with Crippen molar-refractivity contribution in [2.45, 2.75) is 0 Å². The Labute approximate surface area is 124 Å². The lowest BCUT2D eigenvalue weighted by Gasteiger charge is -2.07. The van der Waals surface area contributed by atoms with Gasteiger partial charge < -0.3 is 10.3 Å². The Morgan fingerprint density at radius 3 is 2.55 bits per heavy atom. The molecule has 2 aromatic carbocycles. The van der Waals surface area contributed by atoms with E-state index >= 15 is 0 Å². The molecule has 0 saturated carbocycles. The molecule has 0 aliphatic carbocycles. The fourth-order valence-electron chi connectivity index (χ4n) is 2.06. The third-order valence-electron chi connectivity index (χ3n) is 2.97. The molecule has 0 bridgehead atoms. The second-order valence-corrected chi connectivity index (χ2v) is 5.08. The van der Waals surface area contributed by atoms with Gasteiger partial charge >= 0.3 is 0 Å². The summed E-state index contributed by atoms with van der Waals surface area (Å²) >= 11 is 12.1. The molecule has 0 atom stereocenters. The monoisotopic (exact) mass is 305 g/mol. The van der Waals surface area contributed by atoms with Gasteiger partial charge in [0, 0.05) is 15.8 Å². The number of hydrogen-bond donors (Lipinski definition) is 2. The van der Waals surface area contributed by atoms with Gasteiger partial charge in [0.05, 0.1) is 10.7 Å². The van der Waals surface area contributed by atoms with E-state index in [0.717, 1.165) is 10.8 Å². The van der Waals surface area contributed by atoms with Crippen LogP contribution in [0, 0.1) is 4.91 Å². The molecule has 3 aromatic rings. The number of anilines is 2. The SMILES string of the molecule is O=Nc1[nH]c(Nc2cc(Cl)ccc2Cl)c2ccccc12. The molecule has 0 saturated heterocycles. The number of halogens is 2. The molecular formula is C14H9Cl2N3O. The standard InChI is InChI=1S/C14H9Cl2N3O/c15-8-5-6-11(16)12(7-8)17-13-9-3-1-2-4-10(9)14(18-13)19-20/h1-7,17-18H. The van der Waals surface area contributed by atoms with Gasteiger partial charge in [-0.15, -0.1) is 4.91 Å². The lowest BCUT2D eigenvalue weighted by Crippen LogP contribution is -1.91. The summed E-state index contributed by atoms with van der Waals surface area (Å²) in [6, 6.07) is 12.6. The summed E-state index contributed by atoms with van der Waals surface area (Å²) in [4.78, 5) is 13.8. The Morgan fingerprint density at radius 1 is 1.05 bits per heavy atom. The van der Waals surface area contributed by atoms with Crippen LogP contribution in [0.5, 0.6) is 0 Å². The lowest BCUT2D eigenvalue weighted by molar-refractivity contribution is 1.32. The molecule has 6 heteroatoms. The number of rotatable bonds is 3. The van der Waals surface area contributed by atoms with Crippen molar-refractivity contribution in [3.8, 4) is 0 Å². The smallest absolute Gasteiger partial charge is 0.184 e. The highest BCUT2D eigenvalue weighted by atomic mass is 35.5. The molecule has 100 valence electrons. The van der Waals surface area contributed by atoms with E-state index in [0.29, 0.717) is 21.6 Å². The number of H-pyrrole nitrogens is 1. The maximum absolute atomic E-state index is 10.9. The molecular weight excluding hydrogens is 297 g/mol. The van der Waals surface area contributed by atoms with Crippen LogP contribution in [-0.2, 0) is 0 Å². The van der Waals surface area contributed by atoms with Crippen LogP contribution >= 0.6 is 23.2 Å². The minimum absolute atomic E-state index is 0.279. The Hall–Kier alpha value is -2.04. The van der Waals surface area contributed by atoms with Gasteiger partial charge in [0.15, 0.2) is 5.82 Å². The van der Waals surface area contributed by atoms with Crippen LogP contribution < -0.4 is 5.32 Å². The summed E-state index contributed by atoms with van der Waals surface area (Å²) in [7, 11) is 0. The third-order valence-corrected chi connectivity index (χ3v) is 3.54. The highest BCUT2D eigenvalue weighted by Crippen LogP contribution is 2.35. The molecule has 0 radical (unpaired) electrons. The third kappa shape index (κ3) is 2.24. The highest BCUT2D eigenvalue weighted by molar-refractivity contribution is 6.35. The second-order valence-electron chi connectivity index (χ2n) is 4.23. The van der Waals surface area contributed by atoms with Crippen LogP contribution in [0.2, 0.25) is 10.0 Å². The first-order valence-corrected chi connectivity index (χ1v) is 6.61. The zero-order valence-corrected chi connectivity index (χ0v) is 11.7. The minimum atomic E-state index is 0.279. The Morgan fingerprint density at radius 2 is 1.80 bits per heavy atom. The van der Waals surface area contributed by atoms with Gasteiger partial charge in [-0.2, -0.15) is 0 Å². The van der Waals surface area contributed by atoms with Crippen LogP contribution in [0.4, 0.5) is 17.3 Å². The molecule has 0 aliphatic rings. The number of benzene rings is 2. The molecule has 3 rings (SSSR count). The average Bonchev–Trinajstić information content (AvgIpc) is 2.81. The molecule has 2 N–H and O–H groups in total. The molecule has 0 amide bonds. The number of nitrogens with zero attached hydrogens (tertiary/aromatic N) is 1. The summed E-state index contributed by atoms with van der Waals surface area (Å²) in [5.41, 5.74) is 0.656. The van der Waals surface area contributed by atoms with E-state index in [-0.39, 0.29) is 5.82 Å². The normalized spacial score (nSPS) is 10.7. The number of nitrogens with one attached hydrogen (secondary N) is 2. The molecule has 4 nitrogen and oxygen atoms in total. The van der Waals surface area contributed by atoms with Gasteiger partial charge in [0.1, 0.15) is 5.82 Å². The van der Waals surface area contributed by atoms with E-state index in [1.807, 2.05) is 24.3 Å². The maximum atomic E-state index is 10.9. The molecule has 1 aromatic heterocycles. The Bertz CT molecular complexity index is 798. The number of hydrogen-bond acceptors (Lipinski definition) is 3. The molecule has 0 fully saturated rings. The number of aromatic amines is 1. The summed E-state index contributed by atoms with van der Waals surface area (Å²) in [5, 5.41) is 8.86. The fraction of sp³-hybridized carbons (Fsp3) is 0. The molecule has 0 unspecified atom stereocenters. The largest absolute Gasteiger partial charge is 0.340 e. The molecule has 1 heterocycles. The van der Waals surface area contributed by atoms with Crippen molar-refractivity contribution in [2.75, 3.05) is 5.32 Å². The van der Waals surface area contributed by atoms with Gasteiger partial charge in [-0.1, -0.05) is 47.5 Å². The van der Waals surface area contributed by atoms with Crippen LogP contribution in [0.3, 0.4) is 0 Å². The van der Waals surface area contributed by atoms with Crippen molar-refractivity contribution in [1.82, 2.24) is 4.98 Å². The molecule has 0 spiro atoms. The van der Waals surface area contributed by atoms with Gasteiger partial charge in [-0.25, -0.2) is 0 Å². The van der Waals surface area contributed by atoms with Crippen LogP contribution in [0.15, 0.2) is 47.6 Å². The second kappa shape index (κ2) is 5.15. The summed E-state index contributed by atoms with van der Waals surface area (Å²) in [6.45, 7) is 0. The van der Waals surface area contributed by atoms with E-state index in [4.69, 9.17) is 23.2 Å². The molecule has 20 heavy (non-hydrogen) atoms. The zero-order valence-electron chi connectivity index (χ0n) is 10.2. The number of aromatic nitrogens is 1. The van der Waals surface area contributed by atoms with Gasteiger partial charge in [0.25, 0.3) is 0 Å². The van der Waals surface area contributed by atoms with Crippen molar-refractivity contribution in [1.29, 1.82) is 0 Å². The first kappa shape index (κ1) is 13.0. The minimum Gasteiger partial charge on any atom is -0.340 e. The van der Waals surface area contributed by atoms with Crippen LogP contribution in [0.1, 0.15) is 0 Å². The number of fused-ring (bicyclic) bond motifs is 1. The van der Waals surface area contributed by atoms with Crippen LogP contribution in [0.25, 0.3) is 10.8 Å². The predicted molar refractivity (Wildman–Crippen MR) is 83.5 cm³/mol. The summed E-state index contributed by atoms with van der Waals surface area (Å²) < 4.78 is 0. The first-order chi connectivity index (χ1) is 9.69. The van der Waals surface area contributed by atoms with E-state index in [1.54, 1.807) is 18.2 Å². The van der Waals surface area contributed by atoms with Crippen molar-refractivity contribution in [3.05, 3.63) is 57.4 Å².